The molecule has 20 heavy (non-hydrogen) atoms. The zero-order chi connectivity index (χ0) is 15.3. The van der Waals surface area contributed by atoms with Gasteiger partial charge in [-0.05, 0) is 6.92 Å². The van der Waals surface area contributed by atoms with Gasteiger partial charge in [0.2, 0.25) is 5.91 Å². The average Bonchev–Trinajstić information content (AvgIpc) is 2.40. The van der Waals surface area contributed by atoms with Crippen molar-refractivity contribution in [3.63, 3.8) is 0 Å². The fourth-order valence-corrected chi connectivity index (χ4v) is 1.84. The van der Waals surface area contributed by atoms with Gasteiger partial charge in [-0.3, -0.25) is 4.79 Å². The van der Waals surface area contributed by atoms with Crippen LogP contribution in [0.4, 0.5) is 20.4 Å². The molecule has 112 valence electrons. The number of rotatable bonds is 6. The lowest BCUT2D eigenvalue weighted by Crippen LogP contribution is -2.35. The van der Waals surface area contributed by atoms with E-state index in [1.165, 1.54) is 4.90 Å². The second kappa shape index (κ2) is 7.02. The Labute approximate surface area is 117 Å². The van der Waals surface area contributed by atoms with Crippen molar-refractivity contribution in [1.29, 1.82) is 0 Å². The third kappa shape index (κ3) is 3.79. The summed E-state index contributed by atoms with van der Waals surface area (Å²) in [4.78, 5) is 16.9. The van der Waals surface area contributed by atoms with E-state index in [4.69, 9.17) is 0 Å². The number of carbonyl (C=O) groups is 1. The molecule has 1 rings (SSSR count). The third-order valence-electron chi connectivity index (χ3n) is 2.86. The summed E-state index contributed by atoms with van der Waals surface area (Å²) >= 11 is 0. The molecule has 1 unspecified atom stereocenters. The summed E-state index contributed by atoms with van der Waals surface area (Å²) in [5.74, 6) is -1.96. The van der Waals surface area contributed by atoms with Crippen molar-refractivity contribution in [1.82, 2.24) is 10.3 Å². The molecule has 0 saturated carbocycles. The number of halogens is 2. The van der Waals surface area contributed by atoms with Gasteiger partial charge in [-0.1, -0.05) is 6.92 Å². The van der Waals surface area contributed by atoms with Crippen LogP contribution in [0, 0.1) is 17.6 Å². The molecule has 0 aliphatic carbocycles. The van der Waals surface area contributed by atoms with Crippen LogP contribution in [0.2, 0.25) is 0 Å². The lowest BCUT2D eigenvalue weighted by Gasteiger charge is -2.22. The van der Waals surface area contributed by atoms with E-state index in [-0.39, 0.29) is 30.0 Å². The van der Waals surface area contributed by atoms with Crippen LogP contribution >= 0.6 is 0 Å². The monoisotopic (exact) mass is 286 g/mol. The van der Waals surface area contributed by atoms with E-state index < -0.39 is 11.6 Å². The van der Waals surface area contributed by atoms with Gasteiger partial charge in [0, 0.05) is 33.3 Å². The molecular formula is C13H20F2N4O. The van der Waals surface area contributed by atoms with Crippen molar-refractivity contribution >= 4 is 17.5 Å². The molecular weight excluding hydrogens is 266 g/mol. The van der Waals surface area contributed by atoms with Gasteiger partial charge in [-0.25, -0.2) is 13.8 Å². The molecule has 0 spiro atoms. The fraction of sp³-hybridized carbons (Fsp3) is 0.538. The van der Waals surface area contributed by atoms with Gasteiger partial charge in [-0.15, -0.1) is 0 Å². The molecule has 0 bridgehead atoms. The van der Waals surface area contributed by atoms with Crippen LogP contribution in [0.25, 0.3) is 0 Å². The first-order valence-electron chi connectivity index (χ1n) is 6.43. The highest BCUT2D eigenvalue weighted by atomic mass is 19.1. The van der Waals surface area contributed by atoms with Gasteiger partial charge < -0.3 is 15.5 Å². The number of nitrogens with one attached hydrogen (secondary N) is 2. The Balaban J connectivity index is 2.94. The van der Waals surface area contributed by atoms with Crippen molar-refractivity contribution in [3.8, 4) is 0 Å². The van der Waals surface area contributed by atoms with E-state index in [1.807, 2.05) is 0 Å². The summed E-state index contributed by atoms with van der Waals surface area (Å²) in [5, 5.41) is 5.25. The number of nitrogens with zero attached hydrogens (tertiary/aromatic N) is 2. The third-order valence-corrected chi connectivity index (χ3v) is 2.86. The van der Waals surface area contributed by atoms with E-state index in [2.05, 4.69) is 15.6 Å². The number of pyridine rings is 1. The SMILES string of the molecule is CCNc1nc(N(C)CC(C)C(=O)NC)c(F)cc1F. The molecule has 1 aromatic heterocycles. The summed E-state index contributed by atoms with van der Waals surface area (Å²) in [6.07, 6.45) is 0. The first kappa shape index (κ1) is 16.1. The second-order valence-corrected chi connectivity index (χ2v) is 4.55. The molecule has 1 amide bonds. The first-order chi connectivity index (χ1) is 9.40. The van der Waals surface area contributed by atoms with Gasteiger partial charge in [0.1, 0.15) is 0 Å². The maximum atomic E-state index is 13.8. The average molecular weight is 286 g/mol. The van der Waals surface area contributed by atoms with E-state index in [0.29, 0.717) is 6.54 Å². The van der Waals surface area contributed by atoms with Crippen LogP contribution in [0.3, 0.4) is 0 Å². The van der Waals surface area contributed by atoms with Crippen molar-refractivity contribution < 1.29 is 13.6 Å². The molecule has 1 atom stereocenters. The minimum Gasteiger partial charge on any atom is -0.368 e. The molecule has 0 fully saturated rings. The van der Waals surface area contributed by atoms with Gasteiger partial charge in [0.05, 0.1) is 5.92 Å². The predicted octanol–water partition coefficient (Wildman–Crippen LogP) is 1.61. The minimum absolute atomic E-state index is 0.00310. The second-order valence-electron chi connectivity index (χ2n) is 4.55. The van der Waals surface area contributed by atoms with Crippen molar-refractivity contribution in [2.45, 2.75) is 13.8 Å². The highest BCUT2D eigenvalue weighted by Gasteiger charge is 2.19. The van der Waals surface area contributed by atoms with Crippen LogP contribution in [-0.4, -0.2) is 38.1 Å². The maximum Gasteiger partial charge on any atom is 0.224 e. The number of hydrogen-bond donors (Lipinski definition) is 2. The number of carbonyl (C=O) groups excluding carboxylic acids is 1. The highest BCUT2D eigenvalue weighted by molar-refractivity contribution is 5.78. The number of amides is 1. The summed E-state index contributed by atoms with van der Waals surface area (Å²) in [6, 6.07) is 0.793. The first-order valence-corrected chi connectivity index (χ1v) is 6.43. The van der Waals surface area contributed by atoms with Crippen molar-refractivity contribution in [3.05, 3.63) is 17.7 Å². The van der Waals surface area contributed by atoms with Crippen LogP contribution in [0.5, 0.6) is 0 Å². The normalized spacial score (nSPS) is 11.9. The number of anilines is 2. The Morgan fingerprint density at radius 3 is 2.65 bits per heavy atom. The molecule has 0 aliphatic heterocycles. The Morgan fingerprint density at radius 1 is 1.45 bits per heavy atom. The van der Waals surface area contributed by atoms with E-state index in [1.54, 1.807) is 27.9 Å². The largest absolute Gasteiger partial charge is 0.368 e. The van der Waals surface area contributed by atoms with Crippen LogP contribution < -0.4 is 15.5 Å². The standard InChI is InChI=1S/C13H20F2N4O/c1-5-17-11-9(14)6-10(15)12(18-11)19(4)7-8(2)13(20)16-3/h6,8H,5,7H2,1-4H3,(H,16,20)(H,17,18). The van der Waals surface area contributed by atoms with Crippen molar-refractivity contribution in [2.75, 3.05) is 37.4 Å². The maximum absolute atomic E-state index is 13.8. The molecule has 0 saturated heterocycles. The Morgan fingerprint density at radius 2 is 2.10 bits per heavy atom. The van der Waals surface area contributed by atoms with Crippen molar-refractivity contribution in [2.24, 2.45) is 5.92 Å². The Bertz CT molecular complexity index is 482. The van der Waals surface area contributed by atoms with Crippen LogP contribution in [0.1, 0.15) is 13.8 Å². The zero-order valence-electron chi connectivity index (χ0n) is 12.1. The zero-order valence-corrected chi connectivity index (χ0v) is 12.1. The van der Waals surface area contributed by atoms with Gasteiger partial charge >= 0.3 is 0 Å². The summed E-state index contributed by atoms with van der Waals surface area (Å²) in [7, 11) is 3.15. The Kier molecular flexibility index (Phi) is 5.66. The summed E-state index contributed by atoms with van der Waals surface area (Å²) < 4.78 is 27.3. The van der Waals surface area contributed by atoms with Gasteiger partial charge in [0.25, 0.3) is 0 Å². The quantitative estimate of drug-likeness (QED) is 0.834. The molecule has 5 nitrogen and oxygen atoms in total. The Hall–Kier alpha value is -1.92. The van der Waals surface area contributed by atoms with Gasteiger partial charge in [0.15, 0.2) is 23.3 Å². The molecule has 1 heterocycles. The molecule has 2 N–H and O–H groups in total. The molecule has 0 radical (unpaired) electrons. The molecule has 0 aromatic carbocycles. The van der Waals surface area contributed by atoms with E-state index in [9.17, 15) is 13.6 Å². The molecule has 7 heteroatoms. The fourth-order valence-electron chi connectivity index (χ4n) is 1.84. The van der Waals surface area contributed by atoms with E-state index >= 15 is 0 Å². The number of hydrogen-bond acceptors (Lipinski definition) is 4. The summed E-state index contributed by atoms with van der Waals surface area (Å²) in [6.45, 7) is 4.28. The number of aromatic nitrogens is 1. The van der Waals surface area contributed by atoms with Crippen LogP contribution in [-0.2, 0) is 4.79 Å². The topological polar surface area (TPSA) is 57.3 Å². The molecule has 1 aromatic rings. The van der Waals surface area contributed by atoms with Gasteiger partial charge in [-0.2, -0.15) is 0 Å². The lowest BCUT2D eigenvalue weighted by molar-refractivity contribution is -0.123. The molecule has 0 aliphatic rings. The minimum atomic E-state index is -0.754. The highest BCUT2D eigenvalue weighted by Crippen LogP contribution is 2.22. The van der Waals surface area contributed by atoms with Crippen LogP contribution in [0.15, 0.2) is 6.07 Å². The summed E-state index contributed by atoms with van der Waals surface area (Å²) in [5.41, 5.74) is 0. The smallest absolute Gasteiger partial charge is 0.224 e. The predicted molar refractivity (Wildman–Crippen MR) is 74.8 cm³/mol. The van der Waals surface area contributed by atoms with E-state index in [0.717, 1.165) is 6.07 Å². The lowest BCUT2D eigenvalue weighted by atomic mass is 10.1.